The fourth-order valence-electron chi connectivity index (χ4n) is 3.28. The summed E-state index contributed by atoms with van der Waals surface area (Å²) in [5.41, 5.74) is 3.84. The van der Waals surface area contributed by atoms with Gasteiger partial charge in [-0.05, 0) is 30.7 Å². The Labute approximate surface area is 171 Å². The van der Waals surface area contributed by atoms with Crippen molar-refractivity contribution >= 4 is 21.7 Å². The van der Waals surface area contributed by atoms with Gasteiger partial charge in [-0.2, -0.15) is 13.2 Å². The van der Waals surface area contributed by atoms with Crippen molar-refractivity contribution in [1.29, 1.82) is 0 Å². The summed E-state index contributed by atoms with van der Waals surface area (Å²) in [5.74, 6) is -1.72. The molecule has 2 aromatic rings. The van der Waals surface area contributed by atoms with Gasteiger partial charge in [-0.15, -0.1) is 0 Å². The Kier molecular flexibility index (Phi) is 5.44. The van der Waals surface area contributed by atoms with Crippen molar-refractivity contribution in [3.63, 3.8) is 0 Å². The lowest BCUT2D eigenvalue weighted by molar-refractivity contribution is -0.144. The van der Waals surface area contributed by atoms with Gasteiger partial charge in [-0.1, -0.05) is 30.3 Å². The summed E-state index contributed by atoms with van der Waals surface area (Å²) < 4.78 is 81.0. The lowest BCUT2D eigenvalue weighted by Crippen LogP contribution is -2.50. The number of aliphatic imine (C=N–C) groups is 1. The van der Waals surface area contributed by atoms with E-state index >= 15 is 0 Å². The Balaban J connectivity index is 2.04. The highest BCUT2D eigenvalue weighted by Gasteiger charge is 2.43. The van der Waals surface area contributed by atoms with Gasteiger partial charge in [-0.25, -0.2) is 22.1 Å². The van der Waals surface area contributed by atoms with Gasteiger partial charge in [0, 0.05) is 18.3 Å². The monoisotopic (exact) mass is 444 g/mol. The van der Waals surface area contributed by atoms with Crippen LogP contribution in [0.3, 0.4) is 0 Å². The van der Waals surface area contributed by atoms with Gasteiger partial charge < -0.3 is 11.1 Å². The van der Waals surface area contributed by atoms with E-state index in [0.717, 1.165) is 22.5 Å². The topological polar surface area (TPSA) is 87.8 Å². The van der Waals surface area contributed by atoms with E-state index in [9.17, 15) is 26.0 Å². The summed E-state index contributed by atoms with van der Waals surface area (Å²) in [6, 6.07) is 8.42. The minimum absolute atomic E-state index is 0.0220. The van der Waals surface area contributed by atoms with Gasteiger partial charge in [0.2, 0.25) is 16.0 Å². The second kappa shape index (κ2) is 7.46. The fraction of sp³-hybridized carbons (Fsp3) is 0.316. The first kappa shape index (κ1) is 21.9. The number of guanidine groups is 1. The van der Waals surface area contributed by atoms with E-state index in [1.54, 1.807) is 6.07 Å². The van der Waals surface area contributed by atoms with Crippen molar-refractivity contribution < 1.29 is 26.0 Å². The average molecular weight is 444 g/mol. The Morgan fingerprint density at radius 3 is 2.40 bits per heavy atom. The summed E-state index contributed by atoms with van der Waals surface area (Å²) in [6.07, 6.45) is -4.63. The predicted molar refractivity (Wildman–Crippen MR) is 106 cm³/mol. The number of halogens is 4. The van der Waals surface area contributed by atoms with Crippen molar-refractivity contribution in [1.82, 2.24) is 4.31 Å². The van der Waals surface area contributed by atoms with Crippen LogP contribution in [0.25, 0.3) is 0 Å². The second-order valence-electron chi connectivity index (χ2n) is 7.19. The standard InChI is InChI=1S/C19H20F4N4O2S/c1-18(11-30(28,29)27(2)17(24)26-18)14-10-13(8-9-15(14)20)25-16(19(21,22)23)12-6-4-3-5-7-12/h3-10,16,25H,11H2,1-2H3,(H2,24,26). The number of sulfonamides is 1. The summed E-state index contributed by atoms with van der Waals surface area (Å²) in [7, 11) is -2.66. The van der Waals surface area contributed by atoms with Crippen LogP contribution in [-0.4, -0.2) is 37.7 Å². The Morgan fingerprint density at radius 2 is 1.83 bits per heavy atom. The average Bonchev–Trinajstić information content (AvgIpc) is 2.64. The van der Waals surface area contributed by atoms with Crippen LogP contribution in [-0.2, 0) is 15.6 Å². The molecule has 3 rings (SSSR count). The third-order valence-electron chi connectivity index (χ3n) is 4.88. The molecule has 1 aliphatic rings. The number of nitrogens with zero attached hydrogens (tertiary/aromatic N) is 2. The van der Waals surface area contributed by atoms with Crippen LogP contribution < -0.4 is 11.1 Å². The molecule has 2 unspecified atom stereocenters. The first-order chi connectivity index (χ1) is 13.8. The molecule has 0 fully saturated rings. The molecule has 1 heterocycles. The molecule has 6 nitrogen and oxygen atoms in total. The maximum absolute atomic E-state index is 14.6. The molecule has 0 bridgehead atoms. The van der Waals surface area contributed by atoms with E-state index in [2.05, 4.69) is 10.3 Å². The molecule has 2 aromatic carbocycles. The largest absolute Gasteiger partial charge is 0.412 e. The van der Waals surface area contributed by atoms with E-state index in [-0.39, 0.29) is 22.8 Å². The predicted octanol–water partition coefficient (Wildman–Crippen LogP) is 3.35. The maximum Gasteiger partial charge on any atom is 0.412 e. The van der Waals surface area contributed by atoms with Crippen LogP contribution in [0.2, 0.25) is 0 Å². The molecule has 2 atom stereocenters. The minimum atomic E-state index is -4.63. The lowest BCUT2D eigenvalue weighted by Gasteiger charge is -2.35. The van der Waals surface area contributed by atoms with Crippen molar-refractivity contribution in [2.45, 2.75) is 24.7 Å². The van der Waals surface area contributed by atoms with Gasteiger partial charge in [0.25, 0.3) is 0 Å². The number of benzene rings is 2. The molecule has 0 saturated heterocycles. The Morgan fingerprint density at radius 1 is 1.20 bits per heavy atom. The molecule has 0 aromatic heterocycles. The van der Waals surface area contributed by atoms with Crippen LogP contribution in [0.4, 0.5) is 23.2 Å². The Hall–Kier alpha value is -2.82. The van der Waals surface area contributed by atoms with E-state index in [1.165, 1.54) is 38.2 Å². The molecule has 162 valence electrons. The zero-order valence-electron chi connectivity index (χ0n) is 16.1. The van der Waals surface area contributed by atoms with E-state index < -0.39 is 39.4 Å². The SMILES string of the molecule is CN1C(N)=NC(C)(c2cc(NC(c3ccccc3)C(F)(F)F)ccc2F)CS1(=O)=O. The first-order valence-corrected chi connectivity index (χ1v) is 10.4. The third-order valence-corrected chi connectivity index (χ3v) is 6.83. The summed E-state index contributed by atoms with van der Waals surface area (Å²) in [4.78, 5) is 4.10. The number of anilines is 1. The summed E-state index contributed by atoms with van der Waals surface area (Å²) >= 11 is 0. The van der Waals surface area contributed by atoms with Crippen LogP contribution >= 0.6 is 0 Å². The molecule has 0 aliphatic carbocycles. The first-order valence-electron chi connectivity index (χ1n) is 8.84. The molecular weight excluding hydrogens is 424 g/mol. The van der Waals surface area contributed by atoms with Gasteiger partial charge in [0.15, 0.2) is 0 Å². The number of hydrogen-bond acceptors (Lipinski definition) is 5. The van der Waals surface area contributed by atoms with Gasteiger partial charge in [-0.3, -0.25) is 0 Å². The maximum atomic E-state index is 14.6. The van der Waals surface area contributed by atoms with E-state index in [1.807, 2.05) is 0 Å². The number of nitrogens with one attached hydrogen (secondary N) is 1. The highest BCUT2D eigenvalue weighted by atomic mass is 32.2. The molecular formula is C19H20F4N4O2S. The van der Waals surface area contributed by atoms with Crippen LogP contribution in [0.15, 0.2) is 53.5 Å². The molecule has 0 spiro atoms. The highest BCUT2D eigenvalue weighted by molar-refractivity contribution is 7.89. The van der Waals surface area contributed by atoms with Gasteiger partial charge >= 0.3 is 6.18 Å². The van der Waals surface area contributed by atoms with Crippen molar-refractivity contribution in [3.05, 3.63) is 65.5 Å². The van der Waals surface area contributed by atoms with Gasteiger partial charge in [0.05, 0.1) is 5.75 Å². The number of rotatable bonds is 4. The summed E-state index contributed by atoms with van der Waals surface area (Å²) in [6.45, 7) is 1.37. The summed E-state index contributed by atoms with van der Waals surface area (Å²) in [5, 5.41) is 2.37. The Bertz CT molecular complexity index is 1070. The minimum Gasteiger partial charge on any atom is -0.370 e. The quantitative estimate of drug-likeness (QED) is 0.708. The third kappa shape index (κ3) is 4.20. The smallest absolute Gasteiger partial charge is 0.370 e. The van der Waals surface area contributed by atoms with Crippen LogP contribution in [0.1, 0.15) is 24.1 Å². The number of nitrogens with two attached hydrogens (primary N) is 1. The molecule has 3 N–H and O–H groups in total. The highest BCUT2D eigenvalue weighted by Crippen LogP contribution is 2.38. The molecule has 0 saturated carbocycles. The zero-order chi connectivity index (χ0) is 22.3. The fourth-order valence-corrected chi connectivity index (χ4v) is 4.73. The van der Waals surface area contributed by atoms with E-state index in [0.29, 0.717) is 0 Å². The van der Waals surface area contributed by atoms with Gasteiger partial charge in [0.1, 0.15) is 17.4 Å². The lowest BCUT2D eigenvalue weighted by atomic mass is 9.93. The van der Waals surface area contributed by atoms with E-state index in [4.69, 9.17) is 5.73 Å². The molecule has 0 amide bonds. The molecule has 1 aliphatic heterocycles. The molecule has 11 heteroatoms. The number of alkyl halides is 3. The normalized spacial score (nSPS) is 22.3. The zero-order valence-corrected chi connectivity index (χ0v) is 16.9. The van der Waals surface area contributed by atoms with Crippen molar-refractivity contribution in [2.24, 2.45) is 10.7 Å². The van der Waals surface area contributed by atoms with Crippen LogP contribution in [0.5, 0.6) is 0 Å². The van der Waals surface area contributed by atoms with Crippen molar-refractivity contribution in [2.75, 3.05) is 18.1 Å². The van der Waals surface area contributed by atoms with Crippen molar-refractivity contribution in [3.8, 4) is 0 Å². The second-order valence-corrected chi connectivity index (χ2v) is 9.19. The molecule has 30 heavy (non-hydrogen) atoms. The molecule has 0 radical (unpaired) electrons. The number of hydrogen-bond donors (Lipinski definition) is 2. The van der Waals surface area contributed by atoms with Crippen LogP contribution in [0, 0.1) is 5.82 Å².